The number of carbonyl (C=O) groups is 1. The van der Waals surface area contributed by atoms with E-state index in [0.29, 0.717) is 12.1 Å². The summed E-state index contributed by atoms with van der Waals surface area (Å²) in [4.78, 5) is 11.4. The summed E-state index contributed by atoms with van der Waals surface area (Å²) in [6.45, 7) is 0. The number of fused-ring (bicyclic) bond motifs is 3. The number of sulfonamides is 1. The molecule has 0 radical (unpaired) electrons. The Hall–Kier alpha value is -1.86. The Morgan fingerprint density at radius 3 is 2.80 bits per heavy atom. The van der Waals surface area contributed by atoms with Crippen LogP contribution in [0.3, 0.4) is 0 Å². The molecule has 3 rings (SSSR count). The summed E-state index contributed by atoms with van der Waals surface area (Å²) in [5.41, 5.74) is 1.44. The molecule has 0 saturated heterocycles. The molecule has 1 aliphatic carbocycles. The number of primary sulfonamides is 1. The van der Waals surface area contributed by atoms with Crippen LogP contribution in [0, 0.1) is 5.92 Å². The average molecular weight is 294 g/mol. The second-order valence-corrected chi connectivity index (χ2v) is 6.67. The first-order chi connectivity index (χ1) is 9.38. The van der Waals surface area contributed by atoms with E-state index in [9.17, 15) is 18.3 Å². The van der Waals surface area contributed by atoms with E-state index >= 15 is 0 Å². The molecule has 0 unspecified atom stereocenters. The zero-order valence-corrected chi connectivity index (χ0v) is 11.3. The molecule has 1 aromatic rings. The molecular weight excluding hydrogens is 280 g/mol. The lowest BCUT2D eigenvalue weighted by atomic mass is 9.79. The Kier molecular flexibility index (Phi) is 2.84. The highest BCUT2D eigenvalue weighted by Gasteiger charge is 2.40. The Balaban J connectivity index is 2.11. The zero-order chi connectivity index (χ0) is 14.5. The first-order valence-corrected chi connectivity index (χ1v) is 7.75. The molecular formula is C13H14N2O4S. The van der Waals surface area contributed by atoms with Crippen molar-refractivity contribution in [2.75, 3.05) is 5.32 Å². The maximum Gasteiger partial charge on any atom is 0.326 e. The number of benzene rings is 1. The van der Waals surface area contributed by atoms with Gasteiger partial charge in [0.1, 0.15) is 6.04 Å². The molecule has 20 heavy (non-hydrogen) atoms. The number of carboxylic acids is 1. The normalized spacial score (nSPS) is 27.6. The predicted molar refractivity (Wildman–Crippen MR) is 72.8 cm³/mol. The van der Waals surface area contributed by atoms with Crippen LogP contribution in [-0.4, -0.2) is 25.5 Å². The summed E-state index contributed by atoms with van der Waals surface area (Å²) in [5, 5.41) is 17.4. The molecule has 2 aliphatic rings. The van der Waals surface area contributed by atoms with E-state index in [4.69, 9.17) is 5.14 Å². The van der Waals surface area contributed by atoms with Gasteiger partial charge in [-0.1, -0.05) is 12.2 Å². The van der Waals surface area contributed by atoms with Crippen molar-refractivity contribution in [3.8, 4) is 0 Å². The molecule has 1 aliphatic heterocycles. The second-order valence-electron chi connectivity index (χ2n) is 5.11. The number of hydrogen-bond donors (Lipinski definition) is 3. The first-order valence-electron chi connectivity index (χ1n) is 6.20. The van der Waals surface area contributed by atoms with Gasteiger partial charge in [0, 0.05) is 17.5 Å². The van der Waals surface area contributed by atoms with E-state index in [0.717, 1.165) is 5.56 Å². The van der Waals surface area contributed by atoms with E-state index in [1.165, 1.54) is 12.1 Å². The molecule has 1 aromatic carbocycles. The molecule has 0 bridgehead atoms. The van der Waals surface area contributed by atoms with E-state index < -0.39 is 22.0 Å². The molecule has 106 valence electrons. The predicted octanol–water partition coefficient (Wildman–Crippen LogP) is 0.872. The first kappa shape index (κ1) is 13.1. The Labute approximate surface area is 116 Å². The van der Waals surface area contributed by atoms with E-state index in [1.807, 2.05) is 12.2 Å². The van der Waals surface area contributed by atoms with Crippen molar-refractivity contribution >= 4 is 21.7 Å². The molecule has 7 heteroatoms. The van der Waals surface area contributed by atoms with Crippen molar-refractivity contribution < 1.29 is 18.3 Å². The number of nitrogens with two attached hydrogens (primary N) is 1. The van der Waals surface area contributed by atoms with Gasteiger partial charge in [-0.25, -0.2) is 18.4 Å². The SMILES string of the molecule is NS(=O)(=O)c1ccc2c(c1)[C@@H]1C=CC[C@@H]1[C@H](C(=O)O)N2. The second kappa shape index (κ2) is 4.32. The van der Waals surface area contributed by atoms with Gasteiger partial charge in [0.05, 0.1) is 4.90 Å². The monoisotopic (exact) mass is 294 g/mol. The van der Waals surface area contributed by atoms with Crippen LogP contribution in [0.25, 0.3) is 0 Å². The van der Waals surface area contributed by atoms with Gasteiger partial charge >= 0.3 is 5.97 Å². The van der Waals surface area contributed by atoms with Gasteiger partial charge in [-0.3, -0.25) is 0 Å². The fraction of sp³-hybridized carbons (Fsp3) is 0.308. The standard InChI is InChI=1S/C13H14N2O4S/c14-20(18,19)7-4-5-11-10(6-7)8-2-1-3-9(8)12(15-11)13(16)17/h1-2,4-6,8-9,12,15H,3H2,(H,16,17)(H2,14,18,19)/t8-,9+,12-/m1/s1. The van der Waals surface area contributed by atoms with Gasteiger partial charge in [0.2, 0.25) is 10.0 Å². The maximum atomic E-state index is 11.4. The molecule has 0 fully saturated rings. The summed E-state index contributed by atoms with van der Waals surface area (Å²) in [6, 6.07) is 3.83. The van der Waals surface area contributed by atoms with Crippen LogP contribution >= 0.6 is 0 Å². The molecule has 3 atom stereocenters. The lowest BCUT2D eigenvalue weighted by Crippen LogP contribution is -2.41. The highest BCUT2D eigenvalue weighted by atomic mass is 32.2. The minimum atomic E-state index is -3.76. The molecule has 1 heterocycles. The van der Waals surface area contributed by atoms with E-state index in [-0.39, 0.29) is 16.7 Å². The number of aliphatic carboxylic acids is 1. The van der Waals surface area contributed by atoms with Crippen LogP contribution < -0.4 is 10.5 Å². The largest absolute Gasteiger partial charge is 0.480 e. The molecule has 6 nitrogen and oxygen atoms in total. The van der Waals surface area contributed by atoms with Crippen LogP contribution in [0.4, 0.5) is 5.69 Å². The average Bonchev–Trinajstić information content (AvgIpc) is 2.85. The van der Waals surface area contributed by atoms with Crippen molar-refractivity contribution in [3.63, 3.8) is 0 Å². The van der Waals surface area contributed by atoms with Crippen molar-refractivity contribution in [1.29, 1.82) is 0 Å². The highest BCUT2D eigenvalue weighted by molar-refractivity contribution is 7.89. The van der Waals surface area contributed by atoms with Crippen LogP contribution in [0.1, 0.15) is 17.9 Å². The third kappa shape index (κ3) is 1.99. The number of rotatable bonds is 2. The number of nitrogens with one attached hydrogen (secondary N) is 1. The summed E-state index contributed by atoms with van der Waals surface area (Å²) >= 11 is 0. The maximum absolute atomic E-state index is 11.4. The van der Waals surface area contributed by atoms with Crippen molar-refractivity contribution in [3.05, 3.63) is 35.9 Å². The number of anilines is 1. The minimum absolute atomic E-state index is 0.0471. The third-order valence-corrected chi connectivity index (χ3v) is 4.84. The number of carboxylic acid groups (broad SMARTS) is 1. The lowest BCUT2D eigenvalue weighted by Gasteiger charge is -2.34. The van der Waals surface area contributed by atoms with Crippen LogP contribution in [0.5, 0.6) is 0 Å². The molecule has 4 N–H and O–H groups in total. The van der Waals surface area contributed by atoms with Gasteiger partial charge in [-0.15, -0.1) is 0 Å². The van der Waals surface area contributed by atoms with Gasteiger partial charge < -0.3 is 10.4 Å². The lowest BCUT2D eigenvalue weighted by molar-refractivity contribution is -0.139. The molecule has 0 aromatic heterocycles. The highest BCUT2D eigenvalue weighted by Crippen LogP contribution is 2.45. The summed E-state index contributed by atoms with van der Waals surface area (Å²) in [7, 11) is -3.76. The van der Waals surface area contributed by atoms with Crippen molar-refractivity contribution in [2.45, 2.75) is 23.3 Å². The third-order valence-electron chi connectivity index (χ3n) is 3.93. The minimum Gasteiger partial charge on any atom is -0.480 e. The molecule has 0 saturated carbocycles. The summed E-state index contributed by atoms with van der Waals surface area (Å²) in [5.74, 6) is -1.09. The van der Waals surface area contributed by atoms with Gasteiger partial charge in [0.15, 0.2) is 0 Å². The summed E-state index contributed by atoms with van der Waals surface area (Å²) in [6.07, 6.45) is 4.53. The Bertz CT molecular complexity index is 711. The van der Waals surface area contributed by atoms with Crippen LogP contribution in [0.15, 0.2) is 35.2 Å². The smallest absolute Gasteiger partial charge is 0.326 e. The number of allylic oxidation sites excluding steroid dienone is 2. The quantitative estimate of drug-likeness (QED) is 0.701. The molecule has 0 spiro atoms. The van der Waals surface area contributed by atoms with Crippen LogP contribution in [0.2, 0.25) is 0 Å². The van der Waals surface area contributed by atoms with E-state index in [2.05, 4.69) is 5.32 Å². The van der Waals surface area contributed by atoms with Gasteiger partial charge in [-0.2, -0.15) is 0 Å². The fourth-order valence-corrected chi connectivity index (χ4v) is 3.54. The Morgan fingerprint density at radius 1 is 1.40 bits per heavy atom. The van der Waals surface area contributed by atoms with E-state index in [1.54, 1.807) is 6.07 Å². The zero-order valence-electron chi connectivity index (χ0n) is 10.5. The van der Waals surface area contributed by atoms with Gasteiger partial charge in [-0.05, 0) is 30.2 Å². The van der Waals surface area contributed by atoms with Crippen LogP contribution in [-0.2, 0) is 14.8 Å². The fourth-order valence-electron chi connectivity index (χ4n) is 2.99. The topological polar surface area (TPSA) is 109 Å². The molecule has 0 amide bonds. The van der Waals surface area contributed by atoms with Crippen molar-refractivity contribution in [2.24, 2.45) is 11.1 Å². The Morgan fingerprint density at radius 2 is 2.15 bits per heavy atom. The van der Waals surface area contributed by atoms with Crippen molar-refractivity contribution in [1.82, 2.24) is 0 Å². The number of hydrogen-bond acceptors (Lipinski definition) is 4. The summed E-state index contributed by atoms with van der Waals surface area (Å²) < 4.78 is 22.9. The van der Waals surface area contributed by atoms with Gasteiger partial charge in [0.25, 0.3) is 0 Å².